The third-order valence-corrected chi connectivity index (χ3v) is 3.86. The van der Waals surface area contributed by atoms with E-state index in [9.17, 15) is 19.2 Å². The van der Waals surface area contributed by atoms with E-state index in [2.05, 4.69) is 4.98 Å². The molecule has 2 heterocycles. The molecule has 2 rings (SSSR count). The normalized spacial score (nSPS) is 16.1. The second-order valence-corrected chi connectivity index (χ2v) is 5.62. The zero-order valence-corrected chi connectivity index (χ0v) is 13.5. The van der Waals surface area contributed by atoms with E-state index in [0.29, 0.717) is 19.4 Å². The average Bonchev–Trinajstić information content (AvgIpc) is 2.83. The SMILES string of the molecule is CCOC(=O)[C@H](N1CCCC1=O)n1cc(I)c(=O)[nH]c1=O. The molecule has 9 heteroatoms. The number of nitrogens with one attached hydrogen (secondary N) is 1. The first-order chi connectivity index (χ1) is 9.95. The number of carbonyl (C=O) groups is 2. The minimum absolute atomic E-state index is 0.132. The molecule has 0 saturated carbocycles. The molecule has 1 amide bonds. The minimum atomic E-state index is -1.18. The Labute approximate surface area is 133 Å². The van der Waals surface area contributed by atoms with Gasteiger partial charge in [0.25, 0.3) is 5.56 Å². The molecule has 0 aliphatic carbocycles. The Morgan fingerprint density at radius 1 is 1.48 bits per heavy atom. The first-order valence-corrected chi connectivity index (χ1v) is 7.50. The Bertz CT molecular complexity index is 680. The van der Waals surface area contributed by atoms with Crippen molar-refractivity contribution in [3.8, 4) is 0 Å². The fourth-order valence-electron chi connectivity index (χ4n) is 2.18. The predicted octanol–water partition coefficient (Wildman–Crippen LogP) is -0.175. The summed E-state index contributed by atoms with van der Waals surface area (Å²) >= 11 is 1.75. The Kier molecular flexibility index (Phi) is 4.80. The third-order valence-electron chi connectivity index (χ3n) is 3.09. The summed E-state index contributed by atoms with van der Waals surface area (Å²) in [4.78, 5) is 50.9. The lowest BCUT2D eigenvalue weighted by Gasteiger charge is -2.27. The van der Waals surface area contributed by atoms with Crippen molar-refractivity contribution in [3.05, 3.63) is 30.6 Å². The molecule has 114 valence electrons. The molecule has 0 radical (unpaired) electrons. The average molecular weight is 407 g/mol. The van der Waals surface area contributed by atoms with Crippen molar-refractivity contribution in [1.29, 1.82) is 0 Å². The Morgan fingerprint density at radius 2 is 2.19 bits per heavy atom. The number of hydrogen-bond acceptors (Lipinski definition) is 5. The smallest absolute Gasteiger partial charge is 0.350 e. The van der Waals surface area contributed by atoms with Gasteiger partial charge in [-0.15, -0.1) is 0 Å². The highest BCUT2D eigenvalue weighted by molar-refractivity contribution is 14.1. The first kappa shape index (κ1) is 15.7. The maximum absolute atomic E-state index is 12.2. The molecule has 0 spiro atoms. The maximum Gasteiger partial charge on any atom is 0.350 e. The molecule has 1 aromatic heterocycles. The number of carbonyl (C=O) groups excluding carboxylic acids is 2. The number of likely N-dealkylation sites (tertiary alicyclic amines) is 1. The van der Waals surface area contributed by atoms with Gasteiger partial charge in [-0.05, 0) is 35.9 Å². The van der Waals surface area contributed by atoms with E-state index in [-0.39, 0.29) is 16.1 Å². The fraction of sp³-hybridized carbons (Fsp3) is 0.500. The van der Waals surface area contributed by atoms with Crippen LogP contribution in [0.3, 0.4) is 0 Å². The summed E-state index contributed by atoms with van der Waals surface area (Å²) in [6.07, 6.45) is 1.02. The standard InChI is InChI=1S/C12H14IN3O5/c1-2-21-11(19)10(15-5-3-4-8(15)17)16-6-7(13)9(18)14-12(16)20/h6,10H,2-5H2,1H3,(H,14,18,20)/t10-/m1/s1. The molecule has 1 fully saturated rings. The predicted molar refractivity (Wildman–Crippen MR) is 80.7 cm³/mol. The number of aromatic nitrogens is 2. The number of hydrogen-bond donors (Lipinski definition) is 1. The van der Waals surface area contributed by atoms with Gasteiger partial charge in [0.15, 0.2) is 0 Å². The van der Waals surface area contributed by atoms with Crippen LogP contribution in [-0.4, -0.2) is 39.5 Å². The summed E-state index contributed by atoms with van der Waals surface area (Å²) < 4.78 is 6.23. The van der Waals surface area contributed by atoms with E-state index in [1.165, 1.54) is 11.1 Å². The van der Waals surface area contributed by atoms with E-state index < -0.39 is 23.4 Å². The molecule has 8 nitrogen and oxygen atoms in total. The van der Waals surface area contributed by atoms with Gasteiger partial charge in [0.2, 0.25) is 12.1 Å². The number of amides is 1. The second kappa shape index (κ2) is 6.41. The number of esters is 1. The van der Waals surface area contributed by atoms with Crippen LogP contribution < -0.4 is 11.2 Å². The summed E-state index contributed by atoms with van der Waals surface area (Å²) in [5.41, 5.74) is -1.29. The lowest BCUT2D eigenvalue weighted by atomic mass is 10.4. The number of halogens is 1. The summed E-state index contributed by atoms with van der Waals surface area (Å²) in [6, 6.07) is 0. The van der Waals surface area contributed by atoms with E-state index in [0.717, 1.165) is 4.57 Å². The lowest BCUT2D eigenvalue weighted by molar-refractivity contribution is -0.157. The molecule has 1 atom stereocenters. The Hall–Kier alpha value is -1.65. The van der Waals surface area contributed by atoms with Crippen molar-refractivity contribution < 1.29 is 14.3 Å². The van der Waals surface area contributed by atoms with Gasteiger partial charge in [-0.3, -0.25) is 19.1 Å². The third kappa shape index (κ3) is 3.17. The van der Waals surface area contributed by atoms with Crippen LogP contribution in [0.15, 0.2) is 15.8 Å². The van der Waals surface area contributed by atoms with Crippen LogP contribution >= 0.6 is 22.6 Å². The summed E-state index contributed by atoms with van der Waals surface area (Å²) in [7, 11) is 0. The van der Waals surface area contributed by atoms with Gasteiger partial charge in [0.1, 0.15) is 0 Å². The molecule has 1 aliphatic rings. The zero-order chi connectivity index (χ0) is 15.6. The maximum atomic E-state index is 12.2. The van der Waals surface area contributed by atoms with Gasteiger partial charge in [-0.1, -0.05) is 0 Å². The van der Waals surface area contributed by atoms with Gasteiger partial charge in [0, 0.05) is 19.2 Å². The number of rotatable bonds is 4. The van der Waals surface area contributed by atoms with Crippen LogP contribution in [0.1, 0.15) is 25.9 Å². The van der Waals surface area contributed by atoms with Crippen molar-refractivity contribution >= 4 is 34.5 Å². The van der Waals surface area contributed by atoms with Crippen LogP contribution in [0.2, 0.25) is 0 Å². The molecule has 1 aromatic rings. The number of ether oxygens (including phenoxy) is 1. The highest BCUT2D eigenvalue weighted by atomic mass is 127. The van der Waals surface area contributed by atoms with Gasteiger partial charge >= 0.3 is 11.7 Å². The van der Waals surface area contributed by atoms with E-state index in [4.69, 9.17) is 4.74 Å². The molecule has 1 saturated heterocycles. The van der Waals surface area contributed by atoms with Crippen LogP contribution in [0, 0.1) is 3.57 Å². The minimum Gasteiger partial charge on any atom is -0.463 e. The van der Waals surface area contributed by atoms with Crippen LogP contribution in [0.5, 0.6) is 0 Å². The van der Waals surface area contributed by atoms with E-state index >= 15 is 0 Å². The summed E-state index contributed by atoms with van der Waals surface area (Å²) in [6.45, 7) is 2.14. The molecule has 1 N–H and O–H groups in total. The quantitative estimate of drug-likeness (QED) is 0.552. The van der Waals surface area contributed by atoms with Gasteiger partial charge in [-0.25, -0.2) is 9.59 Å². The van der Waals surface area contributed by atoms with Crippen molar-refractivity contribution in [3.63, 3.8) is 0 Å². The van der Waals surface area contributed by atoms with Crippen molar-refractivity contribution in [2.24, 2.45) is 0 Å². The number of H-pyrrole nitrogens is 1. The molecule has 0 aromatic carbocycles. The van der Waals surface area contributed by atoms with Crippen LogP contribution in [0.25, 0.3) is 0 Å². The molecule has 21 heavy (non-hydrogen) atoms. The topological polar surface area (TPSA) is 101 Å². The highest BCUT2D eigenvalue weighted by Gasteiger charge is 2.36. The lowest BCUT2D eigenvalue weighted by Crippen LogP contribution is -2.46. The number of nitrogens with zero attached hydrogens (tertiary/aromatic N) is 2. The van der Waals surface area contributed by atoms with Crippen molar-refractivity contribution in [2.75, 3.05) is 13.2 Å². The largest absolute Gasteiger partial charge is 0.463 e. The van der Waals surface area contributed by atoms with Crippen molar-refractivity contribution in [2.45, 2.75) is 25.9 Å². The monoisotopic (exact) mass is 407 g/mol. The Morgan fingerprint density at radius 3 is 2.76 bits per heavy atom. The second-order valence-electron chi connectivity index (χ2n) is 4.46. The molecule has 0 bridgehead atoms. The fourth-order valence-corrected chi connectivity index (χ4v) is 2.61. The zero-order valence-electron chi connectivity index (χ0n) is 11.3. The first-order valence-electron chi connectivity index (χ1n) is 6.42. The summed E-state index contributed by atoms with van der Waals surface area (Å²) in [5.74, 6) is -0.918. The van der Waals surface area contributed by atoms with Crippen LogP contribution in [0.4, 0.5) is 0 Å². The molecular formula is C12H14IN3O5. The Balaban J connectivity index is 2.52. The molecular weight excluding hydrogens is 393 g/mol. The van der Waals surface area contributed by atoms with Gasteiger partial charge < -0.3 is 9.64 Å². The number of aromatic amines is 1. The van der Waals surface area contributed by atoms with E-state index in [1.54, 1.807) is 29.5 Å². The molecule has 1 aliphatic heterocycles. The highest BCUT2D eigenvalue weighted by Crippen LogP contribution is 2.21. The van der Waals surface area contributed by atoms with Gasteiger partial charge in [0.05, 0.1) is 10.2 Å². The molecule has 0 unspecified atom stereocenters. The van der Waals surface area contributed by atoms with Gasteiger partial charge in [-0.2, -0.15) is 0 Å². The van der Waals surface area contributed by atoms with E-state index in [1.807, 2.05) is 0 Å². The summed E-state index contributed by atoms with van der Waals surface area (Å²) in [5, 5.41) is 0. The van der Waals surface area contributed by atoms with Crippen molar-refractivity contribution in [1.82, 2.24) is 14.5 Å². The van der Waals surface area contributed by atoms with Crippen LogP contribution in [-0.2, 0) is 14.3 Å².